The molecule has 0 aliphatic rings. The van der Waals surface area contributed by atoms with Crippen molar-refractivity contribution in [2.24, 2.45) is 0 Å². The van der Waals surface area contributed by atoms with E-state index in [1.807, 2.05) is 0 Å². The summed E-state index contributed by atoms with van der Waals surface area (Å²) in [6.07, 6.45) is 0. The van der Waals surface area contributed by atoms with Crippen molar-refractivity contribution in [3.63, 3.8) is 0 Å². The first kappa shape index (κ1) is 14.2. The van der Waals surface area contributed by atoms with E-state index in [1.165, 1.54) is 17.4 Å². The van der Waals surface area contributed by atoms with Gasteiger partial charge in [-0.2, -0.15) is 0 Å². The largest absolute Gasteiger partial charge is 0.444 e. The van der Waals surface area contributed by atoms with Crippen molar-refractivity contribution < 1.29 is 17.9 Å². The van der Waals surface area contributed by atoms with Gasteiger partial charge in [-0.3, -0.25) is 0 Å². The fraction of sp³-hybridized carbons (Fsp3) is 0.364. The normalized spacial score (nSPS) is 11.9. The van der Waals surface area contributed by atoms with Crippen LogP contribution in [0.4, 0.5) is 0 Å². The molecule has 0 radical (unpaired) electrons. The number of hydrogen-bond donors (Lipinski definition) is 2. The summed E-state index contributed by atoms with van der Waals surface area (Å²) in [6.45, 7) is 3.24. The third kappa shape index (κ3) is 3.03. The number of aryl methyl sites for hydroxylation is 2. The molecule has 2 heterocycles. The lowest BCUT2D eigenvalue weighted by atomic mass is 10.4. The molecule has 2 rings (SSSR count). The Morgan fingerprint density at radius 1 is 1.47 bits per heavy atom. The van der Waals surface area contributed by atoms with Crippen molar-refractivity contribution in [1.29, 1.82) is 0 Å². The van der Waals surface area contributed by atoms with Gasteiger partial charge in [-0.25, -0.2) is 18.1 Å². The van der Waals surface area contributed by atoms with Crippen LogP contribution in [0.1, 0.15) is 22.2 Å². The number of aromatic nitrogens is 1. The fourth-order valence-electron chi connectivity index (χ4n) is 1.53. The number of thiophene rings is 1. The van der Waals surface area contributed by atoms with Crippen LogP contribution in [0.2, 0.25) is 0 Å². The summed E-state index contributed by atoms with van der Waals surface area (Å²) in [5, 5.41) is 10.7. The molecule has 19 heavy (non-hydrogen) atoms. The van der Waals surface area contributed by atoms with Crippen molar-refractivity contribution in [2.45, 2.75) is 31.9 Å². The number of sulfonamides is 1. The molecule has 2 N–H and O–H groups in total. The van der Waals surface area contributed by atoms with Crippen LogP contribution in [0.15, 0.2) is 20.8 Å². The van der Waals surface area contributed by atoms with Crippen LogP contribution in [-0.4, -0.2) is 18.5 Å². The number of nitrogens with zero attached hydrogens (tertiary/aromatic N) is 1. The summed E-state index contributed by atoms with van der Waals surface area (Å²) < 4.78 is 31.8. The van der Waals surface area contributed by atoms with E-state index in [1.54, 1.807) is 19.2 Å². The Balaban J connectivity index is 2.14. The highest BCUT2D eigenvalue weighted by molar-refractivity contribution is 7.89. The molecular formula is C11H14N2O4S2. The Hall–Kier alpha value is -1.22. The minimum absolute atomic E-state index is 0.0161. The molecule has 0 aliphatic heterocycles. The van der Waals surface area contributed by atoms with Crippen LogP contribution in [0.5, 0.6) is 0 Å². The lowest BCUT2D eigenvalue weighted by Gasteiger charge is -2.04. The number of hydrogen-bond acceptors (Lipinski definition) is 6. The zero-order valence-corrected chi connectivity index (χ0v) is 12.1. The van der Waals surface area contributed by atoms with Crippen LogP contribution < -0.4 is 4.72 Å². The quantitative estimate of drug-likeness (QED) is 0.869. The number of oxazole rings is 1. The molecule has 8 heteroatoms. The highest BCUT2D eigenvalue weighted by Gasteiger charge is 2.20. The van der Waals surface area contributed by atoms with E-state index in [4.69, 9.17) is 9.52 Å². The van der Waals surface area contributed by atoms with E-state index in [0.717, 1.165) is 5.69 Å². The van der Waals surface area contributed by atoms with Gasteiger partial charge in [0.2, 0.25) is 15.9 Å². The maximum Gasteiger partial charge on any atom is 0.242 e. The van der Waals surface area contributed by atoms with Gasteiger partial charge in [0.05, 0.1) is 23.7 Å². The van der Waals surface area contributed by atoms with Crippen LogP contribution >= 0.6 is 11.3 Å². The zero-order chi connectivity index (χ0) is 14.0. The van der Waals surface area contributed by atoms with Crippen molar-refractivity contribution in [3.8, 4) is 0 Å². The van der Waals surface area contributed by atoms with E-state index in [2.05, 4.69) is 9.71 Å². The standard InChI is InChI=1S/C11H14N2O4S2/c1-7-8(2)17-11(13-7)5-12-19(15,16)10-3-4-18-9(10)6-14/h3-4,12,14H,5-6H2,1-2H3. The Morgan fingerprint density at radius 3 is 2.79 bits per heavy atom. The summed E-state index contributed by atoms with van der Waals surface area (Å²) in [6, 6.07) is 1.46. The van der Waals surface area contributed by atoms with Gasteiger partial charge >= 0.3 is 0 Å². The van der Waals surface area contributed by atoms with Gasteiger partial charge in [0.1, 0.15) is 5.76 Å². The van der Waals surface area contributed by atoms with Crippen molar-refractivity contribution in [1.82, 2.24) is 9.71 Å². The van der Waals surface area contributed by atoms with Gasteiger partial charge < -0.3 is 9.52 Å². The predicted octanol–water partition coefficient (Wildman–Crippen LogP) is 1.32. The lowest BCUT2D eigenvalue weighted by molar-refractivity contribution is 0.282. The fourth-order valence-corrected chi connectivity index (χ4v) is 3.80. The Morgan fingerprint density at radius 2 is 2.21 bits per heavy atom. The molecule has 104 valence electrons. The molecule has 2 aromatic rings. The molecule has 0 amide bonds. The molecule has 6 nitrogen and oxygen atoms in total. The Labute approximate surface area is 115 Å². The smallest absolute Gasteiger partial charge is 0.242 e. The summed E-state index contributed by atoms with van der Waals surface area (Å²) >= 11 is 1.20. The van der Waals surface area contributed by atoms with Gasteiger partial charge in [0.15, 0.2) is 0 Å². The van der Waals surface area contributed by atoms with Crippen LogP contribution in [0, 0.1) is 13.8 Å². The molecule has 0 bridgehead atoms. The van der Waals surface area contributed by atoms with E-state index in [0.29, 0.717) is 16.5 Å². The SMILES string of the molecule is Cc1nc(CNS(=O)(=O)c2ccsc2CO)oc1C. The van der Waals surface area contributed by atoms with Gasteiger partial charge in [0.25, 0.3) is 0 Å². The maximum absolute atomic E-state index is 12.1. The average molecular weight is 302 g/mol. The van der Waals surface area contributed by atoms with E-state index >= 15 is 0 Å². The molecule has 2 aromatic heterocycles. The number of nitrogens with one attached hydrogen (secondary N) is 1. The Kier molecular flexibility index (Phi) is 4.04. The highest BCUT2D eigenvalue weighted by Crippen LogP contribution is 2.21. The first-order chi connectivity index (χ1) is 8.94. The molecule has 0 saturated heterocycles. The van der Waals surface area contributed by atoms with Crippen molar-refractivity contribution in [2.75, 3.05) is 0 Å². The topological polar surface area (TPSA) is 92.4 Å². The molecule has 0 aliphatic carbocycles. The van der Waals surface area contributed by atoms with Crippen molar-refractivity contribution >= 4 is 21.4 Å². The number of rotatable bonds is 5. The van der Waals surface area contributed by atoms with E-state index in [-0.39, 0.29) is 18.0 Å². The Bertz CT molecular complexity index is 653. The summed E-state index contributed by atoms with van der Waals surface area (Å²) in [7, 11) is -3.66. The molecule has 0 unspecified atom stereocenters. The first-order valence-electron chi connectivity index (χ1n) is 5.54. The first-order valence-corrected chi connectivity index (χ1v) is 7.90. The maximum atomic E-state index is 12.1. The summed E-state index contributed by atoms with van der Waals surface area (Å²) in [4.78, 5) is 4.60. The summed E-state index contributed by atoms with van der Waals surface area (Å²) in [5.74, 6) is 0.986. The third-order valence-electron chi connectivity index (χ3n) is 2.62. The van der Waals surface area contributed by atoms with E-state index in [9.17, 15) is 8.42 Å². The van der Waals surface area contributed by atoms with Crippen molar-refractivity contribution in [3.05, 3.63) is 33.7 Å². The predicted molar refractivity (Wildman–Crippen MR) is 70.2 cm³/mol. The number of aliphatic hydroxyl groups is 1. The second-order valence-electron chi connectivity index (χ2n) is 3.94. The molecule has 0 saturated carbocycles. The van der Waals surface area contributed by atoms with Crippen LogP contribution in [0.3, 0.4) is 0 Å². The molecule has 0 spiro atoms. The lowest BCUT2D eigenvalue weighted by Crippen LogP contribution is -2.23. The molecule has 0 fully saturated rings. The van der Waals surface area contributed by atoms with Crippen LogP contribution in [0.25, 0.3) is 0 Å². The molecular weight excluding hydrogens is 288 g/mol. The second kappa shape index (κ2) is 5.41. The number of aliphatic hydroxyl groups excluding tert-OH is 1. The van der Waals surface area contributed by atoms with Gasteiger partial charge in [-0.05, 0) is 25.3 Å². The average Bonchev–Trinajstić information content (AvgIpc) is 2.95. The van der Waals surface area contributed by atoms with Crippen LogP contribution in [-0.2, 0) is 23.2 Å². The minimum Gasteiger partial charge on any atom is -0.444 e. The van der Waals surface area contributed by atoms with Gasteiger partial charge in [-0.1, -0.05) is 0 Å². The van der Waals surface area contributed by atoms with E-state index < -0.39 is 10.0 Å². The zero-order valence-electron chi connectivity index (χ0n) is 10.5. The second-order valence-corrected chi connectivity index (χ2v) is 6.68. The monoisotopic (exact) mass is 302 g/mol. The third-order valence-corrected chi connectivity index (χ3v) is 5.14. The summed E-state index contributed by atoms with van der Waals surface area (Å²) in [5.41, 5.74) is 0.737. The van der Waals surface area contributed by atoms with Gasteiger partial charge in [-0.15, -0.1) is 11.3 Å². The molecule has 0 atom stereocenters. The highest BCUT2D eigenvalue weighted by atomic mass is 32.2. The molecule has 0 aromatic carbocycles. The van der Waals surface area contributed by atoms with Gasteiger partial charge in [0, 0.05) is 4.88 Å². The minimum atomic E-state index is -3.66.